The summed E-state index contributed by atoms with van der Waals surface area (Å²) in [6.45, 7) is 1.27. The van der Waals surface area contributed by atoms with Gasteiger partial charge in [-0.05, 0) is 55.3 Å². The lowest BCUT2D eigenvalue weighted by molar-refractivity contribution is -0.137. The molecule has 1 amide bonds. The Hall–Kier alpha value is -3.07. The third-order valence-electron chi connectivity index (χ3n) is 4.99. The Kier molecular flexibility index (Phi) is 5.38. The fourth-order valence-electron chi connectivity index (χ4n) is 3.44. The number of aromatic amines is 1. The molecule has 1 aliphatic rings. The Morgan fingerprint density at radius 2 is 1.80 bits per heavy atom. The molecule has 0 unspecified atom stereocenters. The van der Waals surface area contributed by atoms with E-state index in [1.165, 1.54) is 12.1 Å². The molecule has 0 saturated carbocycles. The Morgan fingerprint density at radius 3 is 2.47 bits per heavy atom. The van der Waals surface area contributed by atoms with Gasteiger partial charge < -0.3 is 15.2 Å². The van der Waals surface area contributed by atoms with E-state index < -0.39 is 11.7 Å². The molecule has 0 spiro atoms. The number of nitrogens with one attached hydrogen (secondary N) is 2. The first-order valence-electron chi connectivity index (χ1n) is 9.33. The van der Waals surface area contributed by atoms with Crippen molar-refractivity contribution >= 4 is 38.8 Å². The molecule has 2 heterocycles. The number of hydrogen-bond acceptors (Lipinski definition) is 4. The molecule has 2 N–H and O–H groups in total. The average Bonchev–Trinajstić information content (AvgIpc) is 3.07. The van der Waals surface area contributed by atoms with Crippen molar-refractivity contribution in [3.63, 3.8) is 0 Å². The van der Waals surface area contributed by atoms with E-state index in [9.17, 15) is 22.8 Å². The highest BCUT2D eigenvalue weighted by Gasteiger charge is 2.30. The van der Waals surface area contributed by atoms with Crippen LogP contribution in [-0.2, 0) is 11.0 Å². The predicted molar refractivity (Wildman–Crippen MR) is 112 cm³/mol. The quantitative estimate of drug-likeness (QED) is 0.585. The molecule has 9 heteroatoms. The first kappa shape index (κ1) is 20.2. The summed E-state index contributed by atoms with van der Waals surface area (Å²) in [5.74, 6) is -0.241. The number of carbonyl (C=O) groups is 1. The molecule has 5 nitrogen and oxygen atoms in total. The summed E-state index contributed by atoms with van der Waals surface area (Å²) in [6, 6.07) is 10.4. The Morgan fingerprint density at radius 1 is 1.10 bits per heavy atom. The average molecular weight is 433 g/mol. The third-order valence-corrected chi connectivity index (χ3v) is 5.83. The molecule has 4 rings (SSSR count). The third kappa shape index (κ3) is 4.56. The van der Waals surface area contributed by atoms with E-state index in [0.29, 0.717) is 31.6 Å². The van der Waals surface area contributed by atoms with Crippen molar-refractivity contribution in [1.29, 1.82) is 0 Å². The molecule has 1 aliphatic heterocycles. The Bertz CT molecular complexity index is 1150. The summed E-state index contributed by atoms with van der Waals surface area (Å²) in [6.07, 6.45) is -1.44. The van der Waals surface area contributed by atoms with Gasteiger partial charge in [-0.25, -0.2) is 0 Å². The molecule has 1 saturated heterocycles. The minimum Gasteiger partial charge on any atom is -0.371 e. The normalized spacial score (nSPS) is 14.8. The fourth-order valence-corrected chi connectivity index (χ4v) is 4.22. The van der Waals surface area contributed by atoms with Gasteiger partial charge in [-0.3, -0.25) is 9.59 Å². The van der Waals surface area contributed by atoms with Gasteiger partial charge in [-0.1, -0.05) is 16.9 Å². The number of hydrogen-bond donors (Lipinski definition) is 2. The SMILES string of the molecule is O=C(C=C1CCN(c2ccc(C(F)(F)F)cc2)CC1)Nc1ccc2[nH]c(=O)sc2c1. The highest BCUT2D eigenvalue weighted by Crippen LogP contribution is 2.31. The van der Waals surface area contributed by atoms with Crippen LogP contribution in [-0.4, -0.2) is 24.0 Å². The highest BCUT2D eigenvalue weighted by atomic mass is 32.1. The summed E-state index contributed by atoms with van der Waals surface area (Å²) in [7, 11) is 0. The number of benzene rings is 2. The summed E-state index contributed by atoms with van der Waals surface area (Å²) in [5, 5.41) is 2.81. The fraction of sp³-hybridized carbons (Fsp3) is 0.238. The topological polar surface area (TPSA) is 65.2 Å². The maximum atomic E-state index is 12.7. The van der Waals surface area contributed by atoms with Crippen LogP contribution in [0.15, 0.2) is 58.9 Å². The zero-order chi connectivity index (χ0) is 21.3. The monoisotopic (exact) mass is 433 g/mol. The molecule has 1 fully saturated rings. The lowest BCUT2D eigenvalue weighted by Gasteiger charge is -2.30. The van der Waals surface area contributed by atoms with Crippen molar-refractivity contribution in [2.24, 2.45) is 0 Å². The van der Waals surface area contributed by atoms with Crippen molar-refractivity contribution < 1.29 is 18.0 Å². The van der Waals surface area contributed by atoms with Crippen LogP contribution in [0.25, 0.3) is 10.2 Å². The second-order valence-corrected chi connectivity index (χ2v) is 8.06. The number of H-pyrrole nitrogens is 1. The van der Waals surface area contributed by atoms with Crippen molar-refractivity contribution in [3.05, 3.63) is 69.3 Å². The van der Waals surface area contributed by atoms with Crippen LogP contribution < -0.4 is 15.1 Å². The second-order valence-electron chi connectivity index (χ2n) is 7.05. The van der Waals surface area contributed by atoms with Crippen molar-refractivity contribution in [3.8, 4) is 0 Å². The van der Waals surface area contributed by atoms with Gasteiger partial charge in [0.15, 0.2) is 0 Å². The van der Waals surface area contributed by atoms with E-state index in [-0.39, 0.29) is 10.8 Å². The first-order valence-corrected chi connectivity index (χ1v) is 10.1. The van der Waals surface area contributed by atoms with E-state index in [2.05, 4.69) is 10.3 Å². The molecular weight excluding hydrogens is 415 g/mol. The van der Waals surface area contributed by atoms with E-state index in [0.717, 1.165) is 44.9 Å². The van der Waals surface area contributed by atoms with Gasteiger partial charge in [0.1, 0.15) is 0 Å². The largest absolute Gasteiger partial charge is 0.416 e. The standard InChI is InChI=1S/C21H18F3N3O2S/c22-21(23,24)14-1-4-16(5-2-14)27-9-7-13(8-10-27)11-19(28)25-15-3-6-17-18(12-15)30-20(29)26-17/h1-6,11-12H,7-10H2,(H,25,28)(H,26,29). The number of anilines is 2. The van der Waals surface area contributed by atoms with E-state index in [1.54, 1.807) is 24.3 Å². The smallest absolute Gasteiger partial charge is 0.371 e. The number of fused-ring (bicyclic) bond motifs is 1. The van der Waals surface area contributed by atoms with E-state index in [4.69, 9.17) is 0 Å². The van der Waals surface area contributed by atoms with Gasteiger partial charge in [-0.2, -0.15) is 13.2 Å². The molecule has 3 aromatic rings. The number of amides is 1. The first-order chi connectivity index (χ1) is 14.3. The second kappa shape index (κ2) is 7.98. The van der Waals surface area contributed by atoms with Crippen LogP contribution in [0.5, 0.6) is 0 Å². The van der Waals surface area contributed by atoms with Gasteiger partial charge in [-0.15, -0.1) is 0 Å². The van der Waals surface area contributed by atoms with Crippen molar-refractivity contribution in [1.82, 2.24) is 4.98 Å². The molecule has 0 bridgehead atoms. The van der Waals surface area contributed by atoms with Gasteiger partial charge >= 0.3 is 11.0 Å². The molecule has 156 valence electrons. The number of rotatable bonds is 3. The zero-order valence-corrected chi connectivity index (χ0v) is 16.6. The van der Waals surface area contributed by atoms with Crippen LogP contribution in [0.1, 0.15) is 18.4 Å². The van der Waals surface area contributed by atoms with E-state index in [1.807, 2.05) is 4.90 Å². The van der Waals surface area contributed by atoms with Crippen LogP contribution in [0.3, 0.4) is 0 Å². The van der Waals surface area contributed by atoms with Crippen LogP contribution >= 0.6 is 11.3 Å². The van der Waals surface area contributed by atoms with Crippen LogP contribution in [0, 0.1) is 0 Å². The van der Waals surface area contributed by atoms with Gasteiger partial charge in [0.2, 0.25) is 5.91 Å². The molecule has 2 aromatic carbocycles. The summed E-state index contributed by atoms with van der Waals surface area (Å²) in [5.41, 5.74) is 2.41. The highest BCUT2D eigenvalue weighted by molar-refractivity contribution is 7.16. The maximum absolute atomic E-state index is 12.7. The number of alkyl halides is 3. The Balaban J connectivity index is 1.35. The van der Waals surface area contributed by atoms with Gasteiger partial charge in [0.25, 0.3) is 0 Å². The predicted octanol–water partition coefficient (Wildman–Crippen LogP) is 4.77. The minimum absolute atomic E-state index is 0.143. The van der Waals surface area contributed by atoms with Crippen LogP contribution in [0.2, 0.25) is 0 Å². The molecule has 30 heavy (non-hydrogen) atoms. The summed E-state index contributed by atoms with van der Waals surface area (Å²) in [4.78, 5) is 28.3. The van der Waals surface area contributed by atoms with Crippen molar-refractivity contribution in [2.45, 2.75) is 19.0 Å². The lowest BCUT2D eigenvalue weighted by atomic mass is 10.0. The molecule has 0 radical (unpaired) electrons. The zero-order valence-electron chi connectivity index (χ0n) is 15.8. The Labute approximate surface area is 173 Å². The van der Waals surface area contributed by atoms with Crippen molar-refractivity contribution in [2.75, 3.05) is 23.3 Å². The number of aromatic nitrogens is 1. The maximum Gasteiger partial charge on any atom is 0.416 e. The number of piperidine rings is 1. The lowest BCUT2D eigenvalue weighted by Crippen LogP contribution is -2.31. The number of halogens is 3. The van der Waals surface area contributed by atoms with Gasteiger partial charge in [0.05, 0.1) is 15.8 Å². The minimum atomic E-state index is -4.34. The molecule has 0 atom stereocenters. The number of thiazole rings is 1. The molecule has 1 aromatic heterocycles. The number of carbonyl (C=O) groups excluding carboxylic acids is 1. The van der Waals surface area contributed by atoms with Gasteiger partial charge in [0, 0.05) is 30.5 Å². The molecule has 0 aliphatic carbocycles. The summed E-state index contributed by atoms with van der Waals surface area (Å²) < 4.78 is 38.9. The molecular formula is C21H18F3N3O2S. The van der Waals surface area contributed by atoms with Crippen LogP contribution in [0.4, 0.5) is 24.5 Å². The summed E-state index contributed by atoms with van der Waals surface area (Å²) >= 11 is 1.08. The van der Waals surface area contributed by atoms with E-state index >= 15 is 0 Å². The number of nitrogens with zero attached hydrogens (tertiary/aromatic N) is 1.